The molecule has 0 aromatic heterocycles. The van der Waals surface area contributed by atoms with Crippen molar-refractivity contribution in [3.05, 3.63) is 35.9 Å². The molecule has 9 nitrogen and oxygen atoms in total. The number of hydrogen-bond donors (Lipinski definition) is 3. The fourth-order valence-corrected chi connectivity index (χ4v) is 2.95. The summed E-state index contributed by atoms with van der Waals surface area (Å²) in [4.78, 5) is 47.7. The van der Waals surface area contributed by atoms with Gasteiger partial charge in [0.1, 0.15) is 24.2 Å². The van der Waals surface area contributed by atoms with Crippen molar-refractivity contribution in [1.29, 1.82) is 0 Å². The van der Waals surface area contributed by atoms with Gasteiger partial charge in [-0.1, -0.05) is 30.3 Å². The molecule has 1 rings (SSSR count). The van der Waals surface area contributed by atoms with E-state index in [1.165, 1.54) is 25.8 Å². The molecule has 1 aromatic rings. The second kappa shape index (κ2) is 12.9. The highest BCUT2D eigenvalue weighted by molar-refractivity contribution is 7.98. The van der Waals surface area contributed by atoms with Gasteiger partial charge in [0.2, 0.25) is 12.3 Å². The molecule has 3 atom stereocenters. The van der Waals surface area contributed by atoms with E-state index in [2.05, 4.69) is 10.6 Å². The number of hydrogen-bond acceptors (Lipinski definition) is 8. The van der Waals surface area contributed by atoms with E-state index < -0.39 is 42.1 Å². The standard InChI is InChI=1S/C20H29N3O6S/c1-20(21,12-29-18(26)15(22-13-24)9-10-30-3)19(27)23-16(17(25)28-2)11-14-7-5-4-6-8-14/h4-8,13,15-16H,9-12,21H2,1-3H3,(H,22,24)(H,23,27)/t15-,16-,20?/m0/s1. The van der Waals surface area contributed by atoms with Crippen molar-refractivity contribution in [2.75, 3.05) is 25.7 Å². The SMILES string of the molecule is COC(=O)[C@H](Cc1ccccc1)NC(=O)C(C)(N)COC(=O)[C@H](CCSC)NC=O. The minimum atomic E-state index is -1.59. The molecule has 30 heavy (non-hydrogen) atoms. The molecule has 4 N–H and O–H groups in total. The smallest absolute Gasteiger partial charge is 0.328 e. The van der Waals surface area contributed by atoms with Gasteiger partial charge in [-0.3, -0.25) is 9.59 Å². The summed E-state index contributed by atoms with van der Waals surface area (Å²) < 4.78 is 9.92. The molecule has 0 saturated carbocycles. The average molecular weight is 440 g/mol. The molecule has 0 spiro atoms. The number of nitrogens with one attached hydrogen (secondary N) is 2. The zero-order chi connectivity index (χ0) is 22.6. The lowest BCUT2D eigenvalue weighted by Gasteiger charge is -2.27. The first-order chi connectivity index (χ1) is 14.2. The van der Waals surface area contributed by atoms with Gasteiger partial charge in [-0.15, -0.1) is 0 Å². The lowest BCUT2D eigenvalue weighted by atomic mass is 10.0. The van der Waals surface area contributed by atoms with E-state index in [1.54, 1.807) is 0 Å². The quantitative estimate of drug-likeness (QED) is 0.289. The summed E-state index contributed by atoms with van der Waals surface area (Å²) in [5.74, 6) is -1.34. The first-order valence-corrected chi connectivity index (χ1v) is 10.7. The largest absolute Gasteiger partial charge is 0.467 e. The van der Waals surface area contributed by atoms with Crippen LogP contribution in [-0.4, -0.2) is 67.6 Å². The lowest BCUT2D eigenvalue weighted by molar-refractivity contribution is -0.151. The third kappa shape index (κ3) is 8.42. The van der Waals surface area contributed by atoms with Crippen LogP contribution in [0.3, 0.4) is 0 Å². The minimum Gasteiger partial charge on any atom is -0.467 e. The van der Waals surface area contributed by atoms with E-state index in [9.17, 15) is 19.2 Å². The summed E-state index contributed by atoms with van der Waals surface area (Å²) in [5, 5.41) is 4.96. The Morgan fingerprint density at radius 3 is 2.43 bits per heavy atom. The van der Waals surface area contributed by atoms with Crippen LogP contribution in [-0.2, 0) is 35.1 Å². The maximum Gasteiger partial charge on any atom is 0.328 e. The molecule has 0 aliphatic heterocycles. The number of nitrogens with two attached hydrogens (primary N) is 1. The van der Waals surface area contributed by atoms with Crippen LogP contribution in [0, 0.1) is 0 Å². The minimum absolute atomic E-state index is 0.217. The number of rotatable bonds is 13. The molecule has 0 bridgehead atoms. The molecule has 10 heteroatoms. The Kier molecular flexibility index (Phi) is 10.9. The van der Waals surface area contributed by atoms with Crippen molar-refractivity contribution in [3.63, 3.8) is 0 Å². The van der Waals surface area contributed by atoms with Crippen molar-refractivity contribution < 1.29 is 28.7 Å². The van der Waals surface area contributed by atoms with Crippen molar-refractivity contribution in [3.8, 4) is 0 Å². The predicted octanol–water partition coefficient (Wildman–Crippen LogP) is 0.0152. The van der Waals surface area contributed by atoms with Crippen LogP contribution in [0.4, 0.5) is 0 Å². The topological polar surface area (TPSA) is 137 Å². The van der Waals surface area contributed by atoms with Gasteiger partial charge in [-0.2, -0.15) is 11.8 Å². The number of benzene rings is 1. The molecule has 1 aromatic carbocycles. The Labute approximate surface area is 180 Å². The summed E-state index contributed by atoms with van der Waals surface area (Å²) in [6.07, 6.45) is 2.89. The van der Waals surface area contributed by atoms with Crippen LogP contribution in [0.5, 0.6) is 0 Å². The molecule has 0 fully saturated rings. The monoisotopic (exact) mass is 439 g/mol. The van der Waals surface area contributed by atoms with Crippen LogP contribution in [0.25, 0.3) is 0 Å². The normalized spacial score (nSPS) is 14.5. The second-order valence-corrected chi connectivity index (χ2v) is 7.87. The second-order valence-electron chi connectivity index (χ2n) is 6.88. The molecule has 0 heterocycles. The van der Waals surface area contributed by atoms with E-state index in [4.69, 9.17) is 15.2 Å². The Morgan fingerprint density at radius 2 is 1.87 bits per heavy atom. The zero-order valence-electron chi connectivity index (χ0n) is 17.4. The van der Waals surface area contributed by atoms with E-state index in [0.717, 1.165) is 5.56 Å². The Morgan fingerprint density at radius 1 is 1.20 bits per heavy atom. The third-order valence-corrected chi connectivity index (χ3v) is 4.92. The van der Waals surface area contributed by atoms with Gasteiger partial charge in [-0.05, 0) is 30.9 Å². The van der Waals surface area contributed by atoms with Crippen LogP contribution >= 0.6 is 11.8 Å². The molecule has 166 valence electrons. The van der Waals surface area contributed by atoms with Crippen molar-refractivity contribution in [2.24, 2.45) is 5.73 Å². The van der Waals surface area contributed by atoms with Crippen LogP contribution in [0.1, 0.15) is 18.9 Å². The van der Waals surface area contributed by atoms with E-state index in [1.807, 2.05) is 36.6 Å². The van der Waals surface area contributed by atoms with Gasteiger partial charge >= 0.3 is 11.9 Å². The number of thioether (sulfide) groups is 1. The summed E-state index contributed by atoms with van der Waals surface area (Å²) in [6.45, 7) is 0.962. The number of methoxy groups -OCH3 is 1. The van der Waals surface area contributed by atoms with Gasteiger partial charge < -0.3 is 25.8 Å². The van der Waals surface area contributed by atoms with Gasteiger partial charge in [-0.25, -0.2) is 9.59 Å². The van der Waals surface area contributed by atoms with E-state index in [-0.39, 0.29) is 6.42 Å². The van der Waals surface area contributed by atoms with Gasteiger partial charge in [0.05, 0.1) is 7.11 Å². The summed E-state index contributed by atoms with van der Waals surface area (Å²) in [6, 6.07) is 7.34. The highest BCUT2D eigenvalue weighted by Gasteiger charge is 2.34. The first kappa shape index (κ1) is 25.4. The van der Waals surface area contributed by atoms with Crippen LogP contribution in [0.15, 0.2) is 30.3 Å². The summed E-state index contributed by atoms with van der Waals surface area (Å²) in [5.41, 5.74) is 5.27. The number of ether oxygens (including phenoxy) is 2. The summed E-state index contributed by atoms with van der Waals surface area (Å²) in [7, 11) is 1.23. The molecule has 0 radical (unpaired) electrons. The molecular weight excluding hydrogens is 410 g/mol. The number of amides is 2. The Bertz CT molecular complexity index is 714. The molecule has 0 saturated heterocycles. The van der Waals surface area contributed by atoms with Gasteiger partial charge in [0.15, 0.2) is 0 Å². The highest BCUT2D eigenvalue weighted by atomic mass is 32.2. The van der Waals surface area contributed by atoms with Gasteiger partial charge in [0.25, 0.3) is 0 Å². The number of esters is 2. The average Bonchev–Trinajstić information content (AvgIpc) is 2.74. The molecule has 2 amide bonds. The Hall–Kier alpha value is -2.59. The van der Waals surface area contributed by atoms with Gasteiger partial charge in [0, 0.05) is 6.42 Å². The molecule has 0 aliphatic carbocycles. The van der Waals surface area contributed by atoms with E-state index in [0.29, 0.717) is 18.6 Å². The lowest BCUT2D eigenvalue weighted by Crippen LogP contribution is -2.59. The molecular formula is C20H29N3O6S. The maximum absolute atomic E-state index is 12.7. The number of carbonyl (C=O) groups is 4. The fourth-order valence-electron chi connectivity index (χ4n) is 2.48. The van der Waals surface area contributed by atoms with Crippen molar-refractivity contribution in [1.82, 2.24) is 10.6 Å². The van der Waals surface area contributed by atoms with Crippen LogP contribution < -0.4 is 16.4 Å². The zero-order valence-corrected chi connectivity index (χ0v) is 18.2. The van der Waals surface area contributed by atoms with Crippen molar-refractivity contribution >= 4 is 36.0 Å². The third-order valence-electron chi connectivity index (χ3n) is 4.27. The maximum atomic E-state index is 12.7. The first-order valence-electron chi connectivity index (χ1n) is 9.32. The predicted molar refractivity (Wildman–Crippen MR) is 114 cm³/mol. The van der Waals surface area contributed by atoms with Crippen molar-refractivity contribution in [2.45, 2.75) is 37.4 Å². The Balaban J connectivity index is 2.74. The fraction of sp³-hybridized carbons (Fsp3) is 0.500. The molecule has 1 unspecified atom stereocenters. The number of carbonyl (C=O) groups excluding carboxylic acids is 4. The highest BCUT2D eigenvalue weighted by Crippen LogP contribution is 2.09. The molecule has 0 aliphatic rings. The van der Waals surface area contributed by atoms with Crippen LogP contribution in [0.2, 0.25) is 0 Å². The summed E-state index contributed by atoms with van der Waals surface area (Å²) >= 11 is 1.52. The van der Waals surface area contributed by atoms with E-state index >= 15 is 0 Å².